The molecule has 1 N–H and O–H groups in total. The van der Waals surface area contributed by atoms with E-state index in [9.17, 15) is 9.18 Å². The maximum Gasteiger partial charge on any atom is 0.234 e. The van der Waals surface area contributed by atoms with E-state index in [0.29, 0.717) is 25.0 Å². The van der Waals surface area contributed by atoms with E-state index < -0.39 is 0 Å². The van der Waals surface area contributed by atoms with Gasteiger partial charge in [-0.3, -0.25) is 14.7 Å². The molecule has 1 amide bonds. The second-order valence-corrected chi connectivity index (χ2v) is 6.36. The third-order valence-corrected chi connectivity index (χ3v) is 4.58. The number of nitrogens with zero attached hydrogens (tertiary/aromatic N) is 2. The molecular formula is C19H22FN3O. The van der Waals surface area contributed by atoms with Crippen molar-refractivity contribution in [1.82, 2.24) is 15.2 Å². The van der Waals surface area contributed by atoms with Gasteiger partial charge in [0.25, 0.3) is 0 Å². The molecular weight excluding hydrogens is 305 g/mol. The predicted octanol–water partition coefficient (Wildman–Crippen LogP) is 2.71. The van der Waals surface area contributed by atoms with Crippen molar-refractivity contribution in [2.75, 3.05) is 13.1 Å². The minimum Gasteiger partial charge on any atom is -0.349 e. The third-order valence-electron chi connectivity index (χ3n) is 4.58. The zero-order valence-electron chi connectivity index (χ0n) is 13.8. The maximum atomic E-state index is 13.1. The fourth-order valence-electron chi connectivity index (χ4n) is 3.23. The van der Waals surface area contributed by atoms with Crippen molar-refractivity contribution >= 4 is 5.91 Å². The highest BCUT2D eigenvalue weighted by atomic mass is 19.1. The van der Waals surface area contributed by atoms with E-state index in [0.717, 1.165) is 24.2 Å². The summed E-state index contributed by atoms with van der Waals surface area (Å²) in [6.07, 6.45) is 2.70. The van der Waals surface area contributed by atoms with Crippen LogP contribution in [0.25, 0.3) is 0 Å². The molecule has 2 aromatic rings. The van der Waals surface area contributed by atoms with Crippen LogP contribution in [0.5, 0.6) is 0 Å². The number of hydrogen-bond acceptors (Lipinski definition) is 3. The molecule has 2 atom stereocenters. The van der Waals surface area contributed by atoms with Crippen LogP contribution in [0.4, 0.5) is 4.39 Å². The summed E-state index contributed by atoms with van der Waals surface area (Å²) in [6, 6.07) is 12.7. The Balaban J connectivity index is 1.51. The van der Waals surface area contributed by atoms with Crippen molar-refractivity contribution in [3.8, 4) is 0 Å². The largest absolute Gasteiger partial charge is 0.349 e. The minimum absolute atomic E-state index is 0.00672. The maximum absolute atomic E-state index is 13.1. The summed E-state index contributed by atoms with van der Waals surface area (Å²) in [5.74, 6) is 0.145. The fraction of sp³-hybridized carbons (Fsp3) is 0.368. The summed E-state index contributed by atoms with van der Waals surface area (Å²) < 4.78 is 13.1. The van der Waals surface area contributed by atoms with Crippen LogP contribution >= 0.6 is 0 Å². The number of rotatable bonds is 5. The Morgan fingerprint density at radius 3 is 2.79 bits per heavy atom. The molecule has 0 spiro atoms. The molecule has 0 bridgehead atoms. The summed E-state index contributed by atoms with van der Waals surface area (Å²) in [5, 5.41) is 2.92. The standard InChI is InChI=1S/C19H22FN3O/c1-14-10-16(15-5-7-17(20)8-6-15)12-23(14)13-19(24)22-11-18-4-2-3-9-21-18/h2-9,14,16H,10-13H2,1H3,(H,22,24)/t14-,16-/m1/s1. The Morgan fingerprint density at radius 2 is 2.08 bits per heavy atom. The number of benzene rings is 1. The lowest BCUT2D eigenvalue weighted by atomic mass is 9.97. The Kier molecular flexibility index (Phi) is 5.20. The number of halogens is 1. The summed E-state index contributed by atoms with van der Waals surface area (Å²) in [7, 11) is 0. The molecule has 24 heavy (non-hydrogen) atoms. The van der Waals surface area contributed by atoms with Crippen LogP contribution in [0.15, 0.2) is 48.7 Å². The molecule has 0 unspecified atom stereocenters. The van der Waals surface area contributed by atoms with Crippen LogP contribution in [0.3, 0.4) is 0 Å². The van der Waals surface area contributed by atoms with Crippen molar-refractivity contribution in [1.29, 1.82) is 0 Å². The Hall–Kier alpha value is -2.27. The quantitative estimate of drug-likeness (QED) is 0.918. The van der Waals surface area contributed by atoms with E-state index in [1.165, 1.54) is 12.1 Å². The molecule has 1 saturated heterocycles. The van der Waals surface area contributed by atoms with Gasteiger partial charge < -0.3 is 5.32 Å². The zero-order valence-corrected chi connectivity index (χ0v) is 13.8. The topological polar surface area (TPSA) is 45.2 Å². The predicted molar refractivity (Wildman–Crippen MR) is 90.9 cm³/mol. The molecule has 1 aromatic carbocycles. The van der Waals surface area contributed by atoms with Gasteiger partial charge in [0.05, 0.1) is 18.8 Å². The number of likely N-dealkylation sites (tertiary alicyclic amines) is 1. The number of aromatic nitrogens is 1. The van der Waals surface area contributed by atoms with Gasteiger partial charge in [0.1, 0.15) is 5.82 Å². The van der Waals surface area contributed by atoms with Gasteiger partial charge in [0.15, 0.2) is 0 Å². The van der Waals surface area contributed by atoms with E-state index in [4.69, 9.17) is 0 Å². The lowest BCUT2D eigenvalue weighted by Crippen LogP contribution is -2.38. The molecule has 3 rings (SSSR count). The van der Waals surface area contributed by atoms with Crippen LogP contribution in [-0.4, -0.2) is 34.9 Å². The Labute approximate surface area is 141 Å². The Morgan fingerprint density at radius 1 is 1.29 bits per heavy atom. The van der Waals surface area contributed by atoms with Gasteiger partial charge in [-0.1, -0.05) is 18.2 Å². The Bertz CT molecular complexity index is 675. The van der Waals surface area contributed by atoms with E-state index >= 15 is 0 Å². The van der Waals surface area contributed by atoms with Crippen molar-refractivity contribution in [2.45, 2.75) is 31.8 Å². The van der Waals surface area contributed by atoms with Gasteiger partial charge in [-0.2, -0.15) is 0 Å². The second-order valence-electron chi connectivity index (χ2n) is 6.36. The van der Waals surface area contributed by atoms with Gasteiger partial charge in [-0.15, -0.1) is 0 Å². The van der Waals surface area contributed by atoms with Gasteiger partial charge in [-0.05, 0) is 49.1 Å². The highest BCUT2D eigenvalue weighted by molar-refractivity contribution is 5.78. The van der Waals surface area contributed by atoms with E-state index in [1.54, 1.807) is 6.20 Å². The van der Waals surface area contributed by atoms with Crippen molar-refractivity contribution in [3.05, 3.63) is 65.7 Å². The van der Waals surface area contributed by atoms with Crippen LogP contribution in [0.1, 0.15) is 30.5 Å². The molecule has 0 radical (unpaired) electrons. The molecule has 126 valence electrons. The van der Waals surface area contributed by atoms with Crippen molar-refractivity contribution in [2.24, 2.45) is 0 Å². The first kappa shape index (κ1) is 16.6. The monoisotopic (exact) mass is 327 g/mol. The minimum atomic E-state index is -0.212. The van der Waals surface area contributed by atoms with Gasteiger partial charge in [-0.25, -0.2) is 4.39 Å². The molecule has 5 heteroatoms. The van der Waals surface area contributed by atoms with E-state index in [-0.39, 0.29) is 11.7 Å². The summed E-state index contributed by atoms with van der Waals surface area (Å²) in [4.78, 5) is 18.6. The molecule has 2 heterocycles. The molecule has 0 saturated carbocycles. The highest BCUT2D eigenvalue weighted by Crippen LogP contribution is 2.31. The smallest absolute Gasteiger partial charge is 0.234 e. The first-order valence-corrected chi connectivity index (χ1v) is 8.28. The summed E-state index contributed by atoms with van der Waals surface area (Å²) in [5.41, 5.74) is 1.99. The van der Waals surface area contributed by atoms with E-state index in [1.807, 2.05) is 30.3 Å². The van der Waals surface area contributed by atoms with Crippen LogP contribution in [0.2, 0.25) is 0 Å². The average molecular weight is 327 g/mol. The molecule has 1 aliphatic heterocycles. The average Bonchev–Trinajstić information content (AvgIpc) is 2.95. The molecule has 1 aliphatic rings. The van der Waals surface area contributed by atoms with Gasteiger partial charge in [0, 0.05) is 18.8 Å². The number of carbonyl (C=O) groups excluding carboxylic acids is 1. The van der Waals surface area contributed by atoms with E-state index in [2.05, 4.69) is 22.1 Å². The SMILES string of the molecule is C[C@@H]1C[C@@H](c2ccc(F)cc2)CN1CC(=O)NCc1ccccn1. The molecule has 1 aromatic heterocycles. The van der Waals surface area contributed by atoms with Gasteiger partial charge >= 0.3 is 0 Å². The van der Waals surface area contributed by atoms with Crippen molar-refractivity contribution in [3.63, 3.8) is 0 Å². The van der Waals surface area contributed by atoms with Crippen LogP contribution < -0.4 is 5.32 Å². The molecule has 0 aliphatic carbocycles. The number of nitrogens with one attached hydrogen (secondary N) is 1. The normalized spacial score (nSPS) is 20.9. The highest BCUT2D eigenvalue weighted by Gasteiger charge is 2.31. The number of pyridine rings is 1. The lowest BCUT2D eigenvalue weighted by molar-refractivity contribution is -0.122. The summed E-state index contributed by atoms with van der Waals surface area (Å²) in [6.45, 7) is 3.79. The van der Waals surface area contributed by atoms with Crippen LogP contribution in [0, 0.1) is 5.82 Å². The summed E-state index contributed by atoms with van der Waals surface area (Å²) >= 11 is 0. The molecule has 1 fully saturated rings. The zero-order chi connectivity index (χ0) is 16.9. The number of hydrogen-bond donors (Lipinski definition) is 1. The second kappa shape index (κ2) is 7.53. The van der Waals surface area contributed by atoms with Gasteiger partial charge in [0.2, 0.25) is 5.91 Å². The fourth-order valence-corrected chi connectivity index (χ4v) is 3.23. The lowest BCUT2D eigenvalue weighted by Gasteiger charge is -2.20. The first-order valence-electron chi connectivity index (χ1n) is 8.28. The van der Waals surface area contributed by atoms with Crippen LogP contribution in [-0.2, 0) is 11.3 Å². The third kappa shape index (κ3) is 4.17. The number of amides is 1. The first-order chi connectivity index (χ1) is 11.6. The molecule has 4 nitrogen and oxygen atoms in total. The number of carbonyl (C=O) groups is 1. The van der Waals surface area contributed by atoms with Crippen molar-refractivity contribution < 1.29 is 9.18 Å².